The van der Waals surface area contributed by atoms with Crippen LogP contribution in [0.3, 0.4) is 0 Å². The molecule has 10 aromatic rings. The average molecular weight is 804 g/mol. The van der Waals surface area contributed by atoms with Crippen LogP contribution in [-0.4, -0.2) is 24.5 Å². The van der Waals surface area contributed by atoms with Gasteiger partial charge >= 0.3 is 0 Å². The van der Waals surface area contributed by atoms with Crippen molar-refractivity contribution in [3.63, 3.8) is 0 Å². The second-order valence-corrected chi connectivity index (χ2v) is 14.8. The fraction of sp³-hybridized carbons (Fsp3) is 0. The first-order chi connectivity index (χ1) is 31.0. The minimum absolute atomic E-state index is 0.389. The van der Waals surface area contributed by atoms with Crippen LogP contribution in [0.1, 0.15) is 22.3 Å². The van der Waals surface area contributed by atoms with E-state index in [1.165, 1.54) is 0 Å². The van der Waals surface area contributed by atoms with E-state index in [0.29, 0.717) is 50.9 Å². The molecule has 9 heteroatoms. The van der Waals surface area contributed by atoms with E-state index in [-0.39, 0.29) is 0 Å². The van der Waals surface area contributed by atoms with Crippen molar-refractivity contribution in [3.8, 4) is 97.5 Å². The lowest BCUT2D eigenvalue weighted by Crippen LogP contribution is -2.04. The highest BCUT2D eigenvalue weighted by Crippen LogP contribution is 2.41. The molecule has 63 heavy (non-hydrogen) atoms. The van der Waals surface area contributed by atoms with Crippen molar-refractivity contribution in [2.75, 3.05) is 0 Å². The summed E-state index contributed by atoms with van der Waals surface area (Å²) in [4.78, 5) is 19.8. The summed E-state index contributed by atoms with van der Waals surface area (Å²) in [7, 11) is 0. The Balaban J connectivity index is 1.28. The zero-order chi connectivity index (χ0) is 42.9. The number of pyridine rings is 1. The zero-order valence-corrected chi connectivity index (χ0v) is 33.3. The molecule has 0 atom stereocenters. The van der Waals surface area contributed by atoms with Crippen molar-refractivity contribution < 1.29 is 0 Å². The number of rotatable bonds is 7. The summed E-state index contributed by atoms with van der Waals surface area (Å²) in [5.74, 6) is 1.53. The molecule has 0 amide bonds. The van der Waals surface area contributed by atoms with E-state index in [2.05, 4.69) is 64.2 Å². The van der Waals surface area contributed by atoms with Crippen LogP contribution in [0.4, 0.5) is 0 Å². The predicted octanol–water partition coefficient (Wildman–Crippen LogP) is 11.9. The molecule has 0 spiro atoms. The zero-order valence-electron chi connectivity index (χ0n) is 33.3. The Morgan fingerprint density at radius 2 is 0.889 bits per heavy atom. The number of benzene rings is 7. The van der Waals surface area contributed by atoms with Crippen LogP contribution in [0.5, 0.6) is 0 Å². The third-order valence-electron chi connectivity index (χ3n) is 11.1. The minimum atomic E-state index is 0.389. The van der Waals surface area contributed by atoms with Gasteiger partial charge in [0.25, 0.3) is 0 Å². The number of nitriles is 4. The van der Waals surface area contributed by atoms with Crippen molar-refractivity contribution in [2.24, 2.45) is 0 Å². The maximum atomic E-state index is 10.2. The largest absolute Gasteiger partial charge is 0.308 e. The van der Waals surface area contributed by atoms with Gasteiger partial charge in [-0.3, -0.25) is 4.98 Å². The molecule has 0 aliphatic rings. The van der Waals surface area contributed by atoms with Crippen LogP contribution in [0.2, 0.25) is 0 Å². The summed E-state index contributed by atoms with van der Waals surface area (Å²) in [6.07, 6.45) is 3.58. The van der Waals surface area contributed by atoms with E-state index in [1.807, 2.05) is 115 Å². The van der Waals surface area contributed by atoms with Crippen LogP contribution < -0.4 is 0 Å². The molecular formula is C54H29N9. The van der Waals surface area contributed by atoms with Crippen molar-refractivity contribution in [1.29, 1.82) is 21.0 Å². The van der Waals surface area contributed by atoms with Gasteiger partial charge in [0.05, 0.1) is 63.3 Å². The Bertz CT molecular complexity index is 3420. The summed E-state index contributed by atoms with van der Waals surface area (Å²) in [6, 6.07) is 61.2. The van der Waals surface area contributed by atoms with E-state index in [4.69, 9.17) is 15.0 Å². The number of hydrogen-bond donors (Lipinski definition) is 0. The van der Waals surface area contributed by atoms with Crippen LogP contribution in [0.25, 0.3) is 95.0 Å². The van der Waals surface area contributed by atoms with E-state index < -0.39 is 0 Å². The first kappa shape index (κ1) is 37.7. The highest BCUT2D eigenvalue weighted by molar-refractivity contribution is 6.12. The van der Waals surface area contributed by atoms with E-state index in [9.17, 15) is 21.0 Å². The molecule has 0 bridgehead atoms. The molecule has 0 saturated carbocycles. The van der Waals surface area contributed by atoms with Gasteiger partial charge < -0.3 is 4.57 Å². The second-order valence-electron chi connectivity index (χ2n) is 14.8. The van der Waals surface area contributed by atoms with Crippen LogP contribution in [-0.2, 0) is 0 Å². The lowest BCUT2D eigenvalue weighted by Gasteiger charge is -2.16. The quantitative estimate of drug-likeness (QED) is 0.154. The summed E-state index contributed by atoms with van der Waals surface area (Å²) < 4.78 is 2.20. The molecule has 0 fully saturated rings. The van der Waals surface area contributed by atoms with Gasteiger partial charge in [-0.15, -0.1) is 0 Å². The maximum Gasteiger partial charge on any atom is 0.166 e. The molecule has 3 aromatic heterocycles. The molecule has 0 N–H and O–H groups in total. The number of fused-ring (bicyclic) bond motifs is 3. The topological polar surface area (TPSA) is 152 Å². The van der Waals surface area contributed by atoms with Gasteiger partial charge in [0.2, 0.25) is 0 Å². The van der Waals surface area contributed by atoms with Crippen LogP contribution in [0.15, 0.2) is 176 Å². The van der Waals surface area contributed by atoms with E-state index in [1.54, 1.807) is 30.5 Å². The van der Waals surface area contributed by atoms with Crippen molar-refractivity contribution in [2.45, 2.75) is 0 Å². The number of nitrogens with zero attached hydrogens (tertiary/aromatic N) is 9. The standard InChI is InChI=1S/C54H29N9/c55-29-34-13-18-44(42(24-34)31-57)39-16-21-49-46(27-39)47-28-40(45-19-14-35(30-56)25-43(45)32-58)17-22-50(47)63(49)51-20-15-38(41-12-7-23-59-33-41)26-48(51)54-61-52(36-8-3-1-4-9-36)60-53(62-54)37-10-5-2-6-11-37/h1-28,33H. The van der Waals surface area contributed by atoms with Gasteiger partial charge in [-0.1, -0.05) is 97.1 Å². The average Bonchev–Trinajstić information content (AvgIpc) is 3.69. The fourth-order valence-electron chi connectivity index (χ4n) is 8.09. The lowest BCUT2D eigenvalue weighted by molar-refractivity contribution is 1.06. The Morgan fingerprint density at radius 1 is 0.381 bits per heavy atom. The number of hydrogen-bond acceptors (Lipinski definition) is 8. The Labute approximate surface area is 362 Å². The molecule has 9 nitrogen and oxygen atoms in total. The highest BCUT2D eigenvalue weighted by Gasteiger charge is 2.22. The molecule has 7 aromatic carbocycles. The van der Waals surface area contributed by atoms with Gasteiger partial charge in [0.15, 0.2) is 17.5 Å². The third kappa shape index (κ3) is 6.87. The van der Waals surface area contributed by atoms with Crippen LogP contribution >= 0.6 is 0 Å². The molecule has 0 radical (unpaired) electrons. The molecule has 0 aliphatic carbocycles. The van der Waals surface area contributed by atoms with E-state index >= 15 is 0 Å². The molecule has 290 valence electrons. The predicted molar refractivity (Wildman–Crippen MR) is 243 cm³/mol. The number of aromatic nitrogens is 5. The second kappa shape index (κ2) is 15.9. The first-order valence-electron chi connectivity index (χ1n) is 19.9. The van der Waals surface area contributed by atoms with Crippen molar-refractivity contribution >= 4 is 21.8 Å². The van der Waals surface area contributed by atoms with Crippen molar-refractivity contribution in [1.82, 2.24) is 24.5 Å². The highest BCUT2D eigenvalue weighted by atomic mass is 15.1. The molecular weight excluding hydrogens is 775 g/mol. The van der Waals surface area contributed by atoms with Crippen molar-refractivity contribution in [3.05, 3.63) is 198 Å². The monoisotopic (exact) mass is 803 g/mol. The first-order valence-corrected chi connectivity index (χ1v) is 19.9. The Kier molecular flexibility index (Phi) is 9.52. The summed E-state index contributed by atoms with van der Waals surface area (Å²) in [5, 5.41) is 41.3. The molecule has 10 rings (SSSR count). The Hall–Kier alpha value is -9.54. The van der Waals surface area contributed by atoms with Gasteiger partial charge in [-0.25, -0.2) is 15.0 Å². The molecule has 3 heterocycles. The summed E-state index contributed by atoms with van der Waals surface area (Å²) in [6.45, 7) is 0. The summed E-state index contributed by atoms with van der Waals surface area (Å²) >= 11 is 0. The van der Waals surface area contributed by atoms with E-state index in [0.717, 1.165) is 66.4 Å². The normalized spacial score (nSPS) is 10.8. The lowest BCUT2D eigenvalue weighted by atomic mass is 9.95. The Morgan fingerprint density at radius 3 is 1.38 bits per heavy atom. The van der Waals surface area contributed by atoms with Crippen LogP contribution in [0, 0.1) is 45.3 Å². The smallest absolute Gasteiger partial charge is 0.166 e. The molecule has 0 saturated heterocycles. The fourth-order valence-corrected chi connectivity index (χ4v) is 8.09. The van der Waals surface area contributed by atoms with Gasteiger partial charge in [0, 0.05) is 45.4 Å². The van der Waals surface area contributed by atoms with Gasteiger partial charge in [-0.2, -0.15) is 21.0 Å². The SMILES string of the molecule is N#Cc1ccc(-c2ccc3c(c2)c2cc(-c4ccc(C#N)cc4C#N)ccc2n3-c2ccc(-c3cccnc3)cc2-c2nc(-c3ccccc3)nc(-c3ccccc3)n2)c(C#N)c1. The molecule has 0 unspecified atom stereocenters. The maximum absolute atomic E-state index is 10.2. The third-order valence-corrected chi connectivity index (χ3v) is 11.1. The minimum Gasteiger partial charge on any atom is -0.308 e. The summed E-state index contributed by atoms with van der Waals surface area (Å²) in [5.41, 5.74) is 11.4. The van der Waals surface area contributed by atoms with Gasteiger partial charge in [0.1, 0.15) is 0 Å². The van der Waals surface area contributed by atoms with Gasteiger partial charge in [-0.05, 0) is 94.5 Å². The molecule has 0 aliphatic heterocycles.